The maximum absolute atomic E-state index is 12.2. The Labute approximate surface area is 138 Å². The molecule has 2 aliphatic heterocycles. The molecule has 6 heteroatoms. The standard InChI is InChI=1S/C17H24N2O3S/c20-17(16-7-10-23(21,22)13-16)18-11-14-5-1-2-6-15(14)12-19-8-3-4-9-19/h1-2,5-6,16H,3-4,7-13H2,(H,18,20)/t16-/m0/s1. The summed E-state index contributed by atoms with van der Waals surface area (Å²) >= 11 is 0. The van der Waals surface area contributed by atoms with Gasteiger partial charge in [-0.2, -0.15) is 0 Å². The Morgan fingerprint density at radius 2 is 1.87 bits per heavy atom. The van der Waals surface area contributed by atoms with Crippen molar-refractivity contribution < 1.29 is 13.2 Å². The van der Waals surface area contributed by atoms with E-state index in [0.717, 1.165) is 25.2 Å². The fourth-order valence-electron chi connectivity index (χ4n) is 3.39. The second-order valence-electron chi connectivity index (χ2n) is 6.57. The Morgan fingerprint density at radius 1 is 1.17 bits per heavy atom. The van der Waals surface area contributed by atoms with Gasteiger partial charge in [-0.1, -0.05) is 24.3 Å². The molecule has 126 valence electrons. The van der Waals surface area contributed by atoms with Crippen molar-refractivity contribution in [3.8, 4) is 0 Å². The molecule has 0 spiro atoms. The summed E-state index contributed by atoms with van der Waals surface area (Å²) in [5, 5.41) is 2.92. The van der Waals surface area contributed by atoms with Crippen LogP contribution in [0.15, 0.2) is 24.3 Å². The van der Waals surface area contributed by atoms with Crippen LogP contribution < -0.4 is 5.32 Å². The van der Waals surface area contributed by atoms with Crippen molar-refractivity contribution in [2.24, 2.45) is 5.92 Å². The van der Waals surface area contributed by atoms with Crippen LogP contribution in [0.25, 0.3) is 0 Å². The summed E-state index contributed by atoms with van der Waals surface area (Å²) in [5.41, 5.74) is 2.36. The van der Waals surface area contributed by atoms with Gasteiger partial charge in [0.1, 0.15) is 0 Å². The predicted molar refractivity (Wildman–Crippen MR) is 89.6 cm³/mol. The summed E-state index contributed by atoms with van der Waals surface area (Å²) in [5.74, 6) is -0.391. The van der Waals surface area contributed by atoms with Crippen LogP contribution in [0.4, 0.5) is 0 Å². The Bertz CT molecular complexity index is 666. The Kier molecular flexibility index (Phi) is 5.02. The molecule has 1 aromatic carbocycles. The molecular formula is C17H24N2O3S. The van der Waals surface area contributed by atoms with Crippen LogP contribution >= 0.6 is 0 Å². The third-order valence-corrected chi connectivity index (χ3v) is 6.54. The average molecular weight is 336 g/mol. The van der Waals surface area contributed by atoms with Crippen LogP contribution in [0.3, 0.4) is 0 Å². The topological polar surface area (TPSA) is 66.5 Å². The molecule has 0 unspecified atom stereocenters. The van der Waals surface area contributed by atoms with Crippen molar-refractivity contribution in [3.05, 3.63) is 35.4 Å². The van der Waals surface area contributed by atoms with E-state index < -0.39 is 9.84 Å². The molecule has 0 aliphatic carbocycles. The first kappa shape index (κ1) is 16.5. The number of benzene rings is 1. The third kappa shape index (κ3) is 4.32. The van der Waals surface area contributed by atoms with Crippen molar-refractivity contribution in [2.45, 2.75) is 32.4 Å². The first-order valence-electron chi connectivity index (χ1n) is 8.31. The molecule has 1 amide bonds. The zero-order valence-corrected chi connectivity index (χ0v) is 14.1. The molecule has 2 saturated heterocycles. The summed E-state index contributed by atoms with van der Waals surface area (Å²) < 4.78 is 23.0. The highest BCUT2D eigenvalue weighted by molar-refractivity contribution is 7.91. The van der Waals surface area contributed by atoms with Crippen LogP contribution in [0.1, 0.15) is 30.4 Å². The summed E-state index contributed by atoms with van der Waals surface area (Å²) in [6.07, 6.45) is 2.97. The van der Waals surface area contributed by atoms with Gasteiger partial charge in [-0.3, -0.25) is 9.69 Å². The minimum Gasteiger partial charge on any atom is -0.352 e. The van der Waals surface area contributed by atoms with Crippen LogP contribution in [-0.2, 0) is 27.7 Å². The number of amides is 1. The zero-order valence-electron chi connectivity index (χ0n) is 13.3. The van der Waals surface area contributed by atoms with Gasteiger partial charge in [0.2, 0.25) is 5.91 Å². The van der Waals surface area contributed by atoms with Crippen molar-refractivity contribution >= 4 is 15.7 Å². The highest BCUT2D eigenvalue weighted by atomic mass is 32.2. The monoisotopic (exact) mass is 336 g/mol. The highest BCUT2D eigenvalue weighted by Gasteiger charge is 2.32. The van der Waals surface area contributed by atoms with Gasteiger partial charge in [0.15, 0.2) is 9.84 Å². The van der Waals surface area contributed by atoms with E-state index in [1.54, 1.807) is 0 Å². The van der Waals surface area contributed by atoms with Crippen molar-refractivity contribution in [2.75, 3.05) is 24.6 Å². The molecule has 2 aliphatic rings. The first-order valence-corrected chi connectivity index (χ1v) is 10.1. The lowest BCUT2D eigenvalue weighted by molar-refractivity contribution is -0.124. The smallest absolute Gasteiger partial charge is 0.224 e. The SMILES string of the molecule is O=C(NCc1ccccc1CN1CCCC1)[C@H]1CCS(=O)(=O)C1. The number of hydrogen-bond donors (Lipinski definition) is 1. The fraction of sp³-hybridized carbons (Fsp3) is 0.588. The number of nitrogens with zero attached hydrogens (tertiary/aromatic N) is 1. The summed E-state index contributed by atoms with van der Waals surface area (Å²) in [6, 6.07) is 8.16. The van der Waals surface area contributed by atoms with Crippen LogP contribution in [0.2, 0.25) is 0 Å². The molecule has 0 saturated carbocycles. The van der Waals surface area contributed by atoms with E-state index in [-0.39, 0.29) is 23.3 Å². The van der Waals surface area contributed by atoms with Crippen molar-refractivity contribution in [1.82, 2.24) is 10.2 Å². The van der Waals surface area contributed by atoms with E-state index in [1.807, 2.05) is 18.2 Å². The average Bonchev–Trinajstić information content (AvgIpc) is 3.15. The summed E-state index contributed by atoms with van der Waals surface area (Å²) in [7, 11) is -3.01. The second kappa shape index (κ2) is 7.01. The molecule has 0 bridgehead atoms. The van der Waals surface area contributed by atoms with Gasteiger partial charge in [0.05, 0.1) is 17.4 Å². The van der Waals surface area contributed by atoms with E-state index >= 15 is 0 Å². The number of sulfone groups is 1. The molecule has 23 heavy (non-hydrogen) atoms. The lowest BCUT2D eigenvalue weighted by Gasteiger charge is -2.18. The Hall–Kier alpha value is -1.40. The Morgan fingerprint density at radius 3 is 2.52 bits per heavy atom. The number of rotatable bonds is 5. The van der Waals surface area contributed by atoms with E-state index in [2.05, 4.69) is 16.3 Å². The molecular weight excluding hydrogens is 312 g/mol. The minimum absolute atomic E-state index is 0.00570. The maximum Gasteiger partial charge on any atom is 0.224 e. The number of carbonyl (C=O) groups is 1. The second-order valence-corrected chi connectivity index (χ2v) is 8.80. The molecule has 3 rings (SSSR count). The largest absolute Gasteiger partial charge is 0.352 e. The van der Waals surface area contributed by atoms with E-state index in [0.29, 0.717) is 13.0 Å². The third-order valence-electron chi connectivity index (χ3n) is 4.77. The van der Waals surface area contributed by atoms with Crippen molar-refractivity contribution in [3.63, 3.8) is 0 Å². The van der Waals surface area contributed by atoms with Crippen molar-refractivity contribution in [1.29, 1.82) is 0 Å². The van der Waals surface area contributed by atoms with Crippen LogP contribution in [0, 0.1) is 5.92 Å². The molecule has 2 fully saturated rings. The highest BCUT2D eigenvalue weighted by Crippen LogP contribution is 2.19. The van der Waals surface area contributed by atoms with Crippen LogP contribution in [0.5, 0.6) is 0 Å². The predicted octanol–water partition coefficient (Wildman–Crippen LogP) is 1.33. The molecule has 0 aromatic heterocycles. The van der Waals surface area contributed by atoms with Crippen LogP contribution in [-0.4, -0.2) is 43.8 Å². The molecule has 1 atom stereocenters. The van der Waals surface area contributed by atoms with Gasteiger partial charge >= 0.3 is 0 Å². The number of nitrogens with one attached hydrogen (secondary N) is 1. The minimum atomic E-state index is -3.01. The number of carbonyl (C=O) groups excluding carboxylic acids is 1. The molecule has 2 heterocycles. The van der Waals surface area contributed by atoms with Gasteiger partial charge < -0.3 is 5.32 Å². The van der Waals surface area contributed by atoms with Gasteiger partial charge in [-0.05, 0) is 43.5 Å². The quantitative estimate of drug-likeness (QED) is 0.881. The normalized spacial score (nSPS) is 23.9. The lowest BCUT2D eigenvalue weighted by Crippen LogP contribution is -2.31. The fourth-order valence-corrected chi connectivity index (χ4v) is 5.14. The summed E-state index contributed by atoms with van der Waals surface area (Å²) in [6.45, 7) is 3.67. The van der Waals surface area contributed by atoms with Gasteiger partial charge in [0, 0.05) is 13.1 Å². The van der Waals surface area contributed by atoms with E-state index in [4.69, 9.17) is 0 Å². The number of likely N-dealkylation sites (tertiary alicyclic amines) is 1. The van der Waals surface area contributed by atoms with Gasteiger partial charge in [0.25, 0.3) is 0 Å². The van der Waals surface area contributed by atoms with E-state index in [1.165, 1.54) is 18.4 Å². The van der Waals surface area contributed by atoms with E-state index in [9.17, 15) is 13.2 Å². The molecule has 1 aromatic rings. The molecule has 1 N–H and O–H groups in total. The first-order chi connectivity index (χ1) is 11.0. The Balaban J connectivity index is 1.58. The number of hydrogen-bond acceptors (Lipinski definition) is 4. The maximum atomic E-state index is 12.2. The zero-order chi connectivity index (χ0) is 16.3. The van der Waals surface area contributed by atoms with Gasteiger partial charge in [-0.15, -0.1) is 0 Å². The molecule has 0 radical (unpaired) electrons. The summed E-state index contributed by atoms with van der Waals surface area (Å²) in [4.78, 5) is 14.6. The van der Waals surface area contributed by atoms with Gasteiger partial charge in [-0.25, -0.2) is 8.42 Å². The molecule has 5 nitrogen and oxygen atoms in total. The lowest BCUT2D eigenvalue weighted by atomic mass is 10.1.